The normalized spacial score (nSPS) is 26.3. The Morgan fingerprint density at radius 3 is 2.44 bits per heavy atom. The number of furan rings is 1. The summed E-state index contributed by atoms with van der Waals surface area (Å²) in [5.74, 6) is -5.65. The van der Waals surface area contributed by atoms with Crippen LogP contribution < -0.4 is 11.1 Å². The maximum Gasteiger partial charge on any atom is 0.255 e. The van der Waals surface area contributed by atoms with Crippen LogP contribution in [0.25, 0.3) is 17.1 Å². The predicted octanol–water partition coefficient (Wildman–Crippen LogP) is 2.11. The lowest BCUT2D eigenvalue weighted by atomic mass is 9.57. The summed E-state index contributed by atoms with van der Waals surface area (Å²) >= 11 is 0. The number of aromatic hydroxyl groups is 1. The van der Waals surface area contributed by atoms with Crippen LogP contribution in [0.4, 0.5) is 0 Å². The van der Waals surface area contributed by atoms with Crippen LogP contribution in [-0.2, 0) is 27.3 Å². The summed E-state index contributed by atoms with van der Waals surface area (Å²) in [6.45, 7) is 6.60. The number of nitrogens with zero attached hydrogens (tertiary/aromatic N) is 1. The number of aliphatic hydroxyl groups excluding tert-OH is 2. The van der Waals surface area contributed by atoms with Crippen molar-refractivity contribution >= 4 is 23.2 Å². The van der Waals surface area contributed by atoms with Gasteiger partial charge in [0, 0.05) is 22.6 Å². The smallest absolute Gasteiger partial charge is 0.255 e. The first-order valence-electron chi connectivity index (χ1n) is 13.4. The van der Waals surface area contributed by atoms with E-state index in [1.165, 1.54) is 11.0 Å². The molecular formula is C30H35N3O8. The van der Waals surface area contributed by atoms with E-state index in [0.717, 1.165) is 0 Å². The molecule has 0 radical (unpaired) electrons. The van der Waals surface area contributed by atoms with Crippen molar-refractivity contribution in [2.75, 3.05) is 14.1 Å². The monoisotopic (exact) mass is 565 g/mol. The van der Waals surface area contributed by atoms with Gasteiger partial charge in [0.15, 0.2) is 11.4 Å². The number of carbonyl (C=O) groups excluding carboxylic acids is 3. The highest BCUT2D eigenvalue weighted by molar-refractivity contribution is 6.24. The van der Waals surface area contributed by atoms with E-state index in [1.807, 2.05) is 26.8 Å². The first-order valence-corrected chi connectivity index (χ1v) is 13.4. The first-order chi connectivity index (χ1) is 19.1. The van der Waals surface area contributed by atoms with Crippen molar-refractivity contribution in [1.29, 1.82) is 0 Å². The zero-order chi connectivity index (χ0) is 30.2. The number of Topliss-reactive ketones (excluding diaryl/α,β-unsaturated/α-hetero) is 2. The van der Waals surface area contributed by atoms with Crippen LogP contribution in [0.15, 0.2) is 45.6 Å². The van der Waals surface area contributed by atoms with Crippen LogP contribution in [0.3, 0.4) is 0 Å². The zero-order valence-electron chi connectivity index (χ0n) is 23.6. The molecule has 2 aromatic rings. The molecule has 4 atom stereocenters. The van der Waals surface area contributed by atoms with E-state index in [9.17, 15) is 34.8 Å². The van der Waals surface area contributed by atoms with Gasteiger partial charge in [-0.25, -0.2) is 0 Å². The minimum absolute atomic E-state index is 0.0137. The molecule has 11 heteroatoms. The van der Waals surface area contributed by atoms with Crippen molar-refractivity contribution in [3.63, 3.8) is 0 Å². The molecule has 218 valence electrons. The summed E-state index contributed by atoms with van der Waals surface area (Å²) in [4.78, 5) is 40.8. The standard InChI is InChI=1S/C30H35N3O8/c1-29(2,3)32-12-14-6-9-19(41-14)15-7-8-18(34)21-16(15)10-13-11-17-23(33(4)5)25(36)22(28(31)39)27(38)30(17,40)26(37)20(13)24(21)35/h6-9,13,17,23,32,34-35,38,40H,10-12H2,1-5H3,(H2,31,39)/t13-,17-,23?,30-/m0/s1. The fourth-order valence-electron chi connectivity index (χ4n) is 6.44. The molecule has 7 N–H and O–H groups in total. The van der Waals surface area contributed by atoms with Gasteiger partial charge in [0.05, 0.1) is 18.2 Å². The second kappa shape index (κ2) is 9.57. The maximum absolute atomic E-state index is 14.0. The Bertz CT molecular complexity index is 1540. The summed E-state index contributed by atoms with van der Waals surface area (Å²) < 4.78 is 6.09. The number of nitrogens with two attached hydrogens (primary N) is 1. The molecular weight excluding hydrogens is 530 g/mol. The second-order valence-electron chi connectivity index (χ2n) is 12.3. The molecule has 0 saturated heterocycles. The van der Waals surface area contributed by atoms with Gasteiger partial charge in [0.25, 0.3) is 5.91 Å². The second-order valence-corrected chi connectivity index (χ2v) is 12.3. The largest absolute Gasteiger partial charge is 0.508 e. The molecule has 1 aromatic heterocycles. The fraction of sp³-hybridized carbons (Fsp3) is 0.433. The summed E-state index contributed by atoms with van der Waals surface area (Å²) in [7, 11) is 3.12. The lowest BCUT2D eigenvalue weighted by molar-refractivity contribution is -0.153. The molecule has 0 spiro atoms. The number of ketones is 2. The van der Waals surface area contributed by atoms with E-state index in [1.54, 1.807) is 26.2 Å². The van der Waals surface area contributed by atoms with Crippen LogP contribution in [-0.4, -0.2) is 74.1 Å². The summed E-state index contributed by atoms with van der Waals surface area (Å²) in [5.41, 5.74) is 2.70. The molecule has 3 aliphatic carbocycles. The van der Waals surface area contributed by atoms with Crippen LogP contribution >= 0.6 is 0 Å². The Kier molecular flexibility index (Phi) is 6.68. The summed E-state index contributed by atoms with van der Waals surface area (Å²) in [5, 5.41) is 48.3. The van der Waals surface area contributed by atoms with Gasteiger partial charge in [-0.2, -0.15) is 0 Å². The van der Waals surface area contributed by atoms with Crippen molar-refractivity contribution in [1.82, 2.24) is 10.2 Å². The number of fused-ring (bicyclic) bond motifs is 3. The molecule has 5 rings (SSSR count). The zero-order valence-corrected chi connectivity index (χ0v) is 23.6. The predicted molar refractivity (Wildman–Crippen MR) is 149 cm³/mol. The van der Waals surface area contributed by atoms with Gasteiger partial charge < -0.3 is 35.9 Å². The summed E-state index contributed by atoms with van der Waals surface area (Å²) in [6, 6.07) is 5.55. The molecule has 1 fully saturated rings. The third-order valence-corrected chi connectivity index (χ3v) is 8.32. The molecule has 1 unspecified atom stereocenters. The number of carbonyl (C=O) groups is 3. The molecule has 1 aromatic carbocycles. The number of hydrogen-bond acceptors (Lipinski definition) is 10. The van der Waals surface area contributed by atoms with E-state index in [0.29, 0.717) is 29.2 Å². The first kappa shape index (κ1) is 28.6. The van der Waals surface area contributed by atoms with Gasteiger partial charge in [0.2, 0.25) is 5.78 Å². The van der Waals surface area contributed by atoms with Crippen molar-refractivity contribution in [2.24, 2.45) is 17.6 Å². The topological polar surface area (TPSA) is 187 Å². The highest BCUT2D eigenvalue weighted by Gasteiger charge is 2.64. The molecule has 11 nitrogen and oxygen atoms in total. The number of aliphatic hydroxyl groups is 3. The average Bonchev–Trinajstić information content (AvgIpc) is 3.33. The Morgan fingerprint density at radius 2 is 1.83 bits per heavy atom. The average molecular weight is 566 g/mol. The number of primary amides is 1. The number of nitrogens with one attached hydrogen (secondary N) is 1. The Morgan fingerprint density at radius 1 is 1.15 bits per heavy atom. The third-order valence-electron chi connectivity index (χ3n) is 8.32. The number of benzene rings is 1. The Hall–Kier alpha value is -3.93. The van der Waals surface area contributed by atoms with Crippen LogP contribution in [0.1, 0.15) is 44.1 Å². The van der Waals surface area contributed by atoms with E-state index in [4.69, 9.17) is 10.2 Å². The Balaban J connectivity index is 1.64. The van der Waals surface area contributed by atoms with Gasteiger partial charge in [-0.15, -0.1) is 0 Å². The number of phenols is 1. The molecule has 1 heterocycles. The highest BCUT2D eigenvalue weighted by Crippen LogP contribution is 2.53. The van der Waals surface area contributed by atoms with Crippen molar-refractivity contribution in [3.05, 3.63) is 58.1 Å². The molecule has 3 aliphatic rings. The van der Waals surface area contributed by atoms with Crippen molar-refractivity contribution < 1.29 is 39.2 Å². The fourth-order valence-corrected chi connectivity index (χ4v) is 6.44. The van der Waals surface area contributed by atoms with Gasteiger partial charge >= 0.3 is 0 Å². The number of amides is 1. The van der Waals surface area contributed by atoms with E-state index in [2.05, 4.69) is 5.32 Å². The van der Waals surface area contributed by atoms with Gasteiger partial charge in [0.1, 0.15) is 34.4 Å². The number of rotatable bonds is 5. The summed E-state index contributed by atoms with van der Waals surface area (Å²) in [6.07, 6.45) is 0.189. The minimum Gasteiger partial charge on any atom is -0.508 e. The maximum atomic E-state index is 14.0. The molecule has 41 heavy (non-hydrogen) atoms. The van der Waals surface area contributed by atoms with Gasteiger partial charge in [-0.3, -0.25) is 19.3 Å². The molecule has 1 saturated carbocycles. The highest BCUT2D eigenvalue weighted by atomic mass is 16.4. The molecule has 0 bridgehead atoms. The van der Waals surface area contributed by atoms with Crippen molar-refractivity contribution in [2.45, 2.75) is 57.3 Å². The molecule has 0 aliphatic heterocycles. The lowest BCUT2D eigenvalue weighted by Gasteiger charge is -2.50. The quantitative estimate of drug-likeness (QED) is 0.293. The third kappa shape index (κ3) is 4.35. The van der Waals surface area contributed by atoms with Gasteiger partial charge in [-0.05, 0) is 83.5 Å². The SMILES string of the molecule is CN(C)C1C(=O)C(C(N)=O)=C(O)[C@@]2(O)C(=O)C3=C(O)c4c(O)ccc(-c5ccc(CNC(C)(C)C)o5)c4C[C@H]3C[C@@H]12. The van der Waals surface area contributed by atoms with Crippen LogP contribution in [0, 0.1) is 11.8 Å². The van der Waals surface area contributed by atoms with E-state index in [-0.39, 0.29) is 35.3 Å². The van der Waals surface area contributed by atoms with E-state index >= 15 is 0 Å². The number of likely N-dealkylation sites (N-methyl/N-ethyl adjacent to an activating group) is 1. The van der Waals surface area contributed by atoms with Crippen LogP contribution in [0.5, 0.6) is 5.75 Å². The Labute approximate surface area is 236 Å². The number of phenolic OH excluding ortho intramolecular Hbond substituents is 1. The van der Waals surface area contributed by atoms with Crippen LogP contribution in [0.2, 0.25) is 0 Å². The van der Waals surface area contributed by atoms with Gasteiger partial charge in [-0.1, -0.05) is 0 Å². The van der Waals surface area contributed by atoms with E-state index < -0.39 is 58.0 Å². The molecule has 1 amide bonds. The minimum atomic E-state index is -2.67. The lowest BCUT2D eigenvalue weighted by Crippen LogP contribution is -2.65. The van der Waals surface area contributed by atoms with Crippen molar-refractivity contribution in [3.8, 4) is 17.1 Å². The number of hydrogen-bond donors (Lipinski definition) is 6.